The second kappa shape index (κ2) is 11.8. The minimum absolute atomic E-state index is 0. The van der Waals surface area contributed by atoms with Crippen LogP contribution in [0.25, 0.3) is 0 Å². The molecule has 0 amide bonds. The third kappa shape index (κ3) is 6.33. The maximum absolute atomic E-state index is 5.70. The number of likely N-dealkylation sites (tertiary alicyclic amines) is 2. The normalized spacial score (nSPS) is 25.3. The molecule has 4 rings (SSSR count). The van der Waals surface area contributed by atoms with E-state index in [4.69, 9.17) is 4.74 Å². The molecule has 7 heteroatoms. The highest BCUT2D eigenvalue weighted by Crippen LogP contribution is 2.26. The summed E-state index contributed by atoms with van der Waals surface area (Å²) in [6, 6.07) is 11.7. The van der Waals surface area contributed by atoms with Gasteiger partial charge in [0.15, 0.2) is 5.96 Å². The van der Waals surface area contributed by atoms with Crippen LogP contribution in [0.4, 0.5) is 0 Å². The zero-order valence-corrected chi connectivity index (χ0v) is 21.5. The molecule has 3 fully saturated rings. The highest BCUT2D eigenvalue weighted by atomic mass is 127. The molecule has 2 atom stereocenters. The number of guanidine groups is 1. The Bertz CT molecular complexity index is 688. The quantitative estimate of drug-likeness (QED) is 0.329. The van der Waals surface area contributed by atoms with E-state index in [2.05, 4.69) is 62.7 Å². The summed E-state index contributed by atoms with van der Waals surface area (Å²) in [5, 5.41) is 7.68. The number of nitrogens with zero attached hydrogens (tertiary/aromatic N) is 3. The van der Waals surface area contributed by atoms with Crippen molar-refractivity contribution in [3.05, 3.63) is 35.9 Å². The summed E-state index contributed by atoms with van der Waals surface area (Å²) in [6.45, 7) is 9.52. The van der Waals surface area contributed by atoms with E-state index in [1.54, 1.807) is 0 Å². The van der Waals surface area contributed by atoms with Crippen molar-refractivity contribution < 1.29 is 4.74 Å². The number of hydrogen-bond acceptors (Lipinski definition) is 4. The molecule has 2 N–H and O–H groups in total. The zero-order valence-electron chi connectivity index (χ0n) is 19.2. The van der Waals surface area contributed by atoms with Gasteiger partial charge in [-0.3, -0.25) is 9.89 Å². The average Bonchev–Trinajstić information content (AvgIpc) is 3.48. The van der Waals surface area contributed by atoms with Crippen molar-refractivity contribution in [1.82, 2.24) is 20.4 Å². The number of hydrogen-bond donors (Lipinski definition) is 2. The molecule has 6 nitrogen and oxygen atoms in total. The topological polar surface area (TPSA) is 52.1 Å². The molecule has 31 heavy (non-hydrogen) atoms. The van der Waals surface area contributed by atoms with Crippen LogP contribution in [-0.2, 0) is 4.74 Å². The molecule has 2 unspecified atom stereocenters. The highest BCUT2D eigenvalue weighted by Gasteiger charge is 2.36. The molecule has 3 saturated heterocycles. The summed E-state index contributed by atoms with van der Waals surface area (Å²) in [6.07, 6.45) is 6.01. The van der Waals surface area contributed by atoms with Crippen molar-refractivity contribution in [3.63, 3.8) is 0 Å². The summed E-state index contributed by atoms with van der Waals surface area (Å²) in [4.78, 5) is 9.77. The maximum Gasteiger partial charge on any atom is 0.193 e. The lowest BCUT2D eigenvalue weighted by Crippen LogP contribution is -2.58. The van der Waals surface area contributed by atoms with Gasteiger partial charge in [-0.25, -0.2) is 0 Å². The van der Waals surface area contributed by atoms with Crippen LogP contribution in [0.5, 0.6) is 0 Å². The zero-order chi connectivity index (χ0) is 20.8. The molecule has 1 aromatic carbocycles. The summed E-state index contributed by atoms with van der Waals surface area (Å²) in [5.74, 6) is 1.05. The molecule has 0 bridgehead atoms. The first-order valence-corrected chi connectivity index (χ1v) is 11.8. The van der Waals surface area contributed by atoms with Gasteiger partial charge in [-0.15, -0.1) is 24.0 Å². The Kier molecular flexibility index (Phi) is 9.43. The largest absolute Gasteiger partial charge is 0.381 e. The van der Waals surface area contributed by atoms with Crippen LogP contribution in [0.2, 0.25) is 0 Å². The van der Waals surface area contributed by atoms with Gasteiger partial charge in [0.2, 0.25) is 0 Å². The van der Waals surface area contributed by atoms with Crippen LogP contribution >= 0.6 is 24.0 Å². The second-order valence-corrected chi connectivity index (χ2v) is 9.20. The van der Waals surface area contributed by atoms with Crippen molar-refractivity contribution in [2.24, 2.45) is 4.99 Å². The lowest BCUT2D eigenvalue weighted by atomic mass is 9.88. The van der Waals surface area contributed by atoms with Crippen molar-refractivity contribution in [2.75, 3.05) is 53.0 Å². The minimum atomic E-state index is 0. The SMILES string of the molecule is CN=C(NCC1(NC(C)c2ccccc2)CCOCC1)N1CCC(N2CCCC2)C1.I. The Balaban J connectivity index is 0.00000272. The highest BCUT2D eigenvalue weighted by molar-refractivity contribution is 14.0. The van der Waals surface area contributed by atoms with Gasteiger partial charge in [-0.1, -0.05) is 30.3 Å². The first kappa shape index (κ1) is 24.7. The van der Waals surface area contributed by atoms with E-state index >= 15 is 0 Å². The number of rotatable bonds is 6. The van der Waals surface area contributed by atoms with Crippen LogP contribution in [0.1, 0.15) is 50.6 Å². The Morgan fingerprint density at radius 2 is 1.87 bits per heavy atom. The van der Waals surface area contributed by atoms with Crippen LogP contribution < -0.4 is 10.6 Å². The summed E-state index contributed by atoms with van der Waals surface area (Å²) < 4.78 is 5.70. The molecular formula is C24H40IN5O. The first-order chi connectivity index (χ1) is 14.7. The summed E-state index contributed by atoms with van der Waals surface area (Å²) in [7, 11) is 1.92. The first-order valence-electron chi connectivity index (χ1n) is 11.8. The Morgan fingerprint density at radius 3 is 2.55 bits per heavy atom. The molecular weight excluding hydrogens is 501 g/mol. The van der Waals surface area contributed by atoms with Gasteiger partial charge in [-0.2, -0.15) is 0 Å². The van der Waals surface area contributed by atoms with Crippen molar-refractivity contribution in [1.29, 1.82) is 0 Å². The van der Waals surface area contributed by atoms with Gasteiger partial charge in [0.25, 0.3) is 0 Å². The summed E-state index contributed by atoms with van der Waals surface area (Å²) >= 11 is 0. The van der Waals surface area contributed by atoms with Gasteiger partial charge in [0.1, 0.15) is 0 Å². The van der Waals surface area contributed by atoms with Gasteiger partial charge >= 0.3 is 0 Å². The predicted molar refractivity (Wildman–Crippen MR) is 138 cm³/mol. The molecule has 0 saturated carbocycles. The lowest BCUT2D eigenvalue weighted by Gasteiger charge is -2.41. The van der Waals surface area contributed by atoms with E-state index in [0.717, 1.165) is 51.6 Å². The fourth-order valence-electron chi connectivity index (χ4n) is 5.34. The van der Waals surface area contributed by atoms with E-state index in [1.807, 2.05) is 7.05 Å². The van der Waals surface area contributed by atoms with Crippen LogP contribution in [0.3, 0.4) is 0 Å². The maximum atomic E-state index is 5.70. The van der Waals surface area contributed by atoms with Crippen LogP contribution in [-0.4, -0.2) is 80.3 Å². The molecule has 3 aliphatic rings. The fraction of sp³-hybridized carbons (Fsp3) is 0.708. The van der Waals surface area contributed by atoms with Gasteiger partial charge in [-0.05, 0) is 57.7 Å². The second-order valence-electron chi connectivity index (χ2n) is 9.20. The molecule has 0 radical (unpaired) electrons. The molecule has 0 aliphatic carbocycles. The number of benzene rings is 1. The fourth-order valence-corrected chi connectivity index (χ4v) is 5.34. The Morgan fingerprint density at radius 1 is 1.16 bits per heavy atom. The number of ether oxygens (including phenoxy) is 1. The molecule has 0 spiro atoms. The van der Waals surface area contributed by atoms with Crippen LogP contribution in [0, 0.1) is 0 Å². The molecule has 3 heterocycles. The van der Waals surface area contributed by atoms with E-state index < -0.39 is 0 Å². The smallest absolute Gasteiger partial charge is 0.193 e. The molecule has 174 valence electrons. The monoisotopic (exact) mass is 541 g/mol. The Labute approximate surface area is 205 Å². The van der Waals surface area contributed by atoms with E-state index in [0.29, 0.717) is 12.1 Å². The number of nitrogens with one attached hydrogen (secondary N) is 2. The van der Waals surface area contributed by atoms with Crippen molar-refractivity contribution >= 4 is 29.9 Å². The van der Waals surface area contributed by atoms with Crippen molar-refractivity contribution in [3.8, 4) is 0 Å². The molecule has 1 aromatic rings. The predicted octanol–water partition coefficient (Wildman–Crippen LogP) is 3.25. The lowest BCUT2D eigenvalue weighted by molar-refractivity contribution is 0.0353. The molecule has 0 aromatic heterocycles. The van der Waals surface area contributed by atoms with Crippen molar-refractivity contribution in [2.45, 2.75) is 56.7 Å². The van der Waals surface area contributed by atoms with E-state index in [1.165, 1.54) is 37.9 Å². The third-order valence-corrected chi connectivity index (χ3v) is 7.19. The van der Waals surface area contributed by atoms with Gasteiger partial charge in [0, 0.05) is 57.5 Å². The van der Waals surface area contributed by atoms with E-state index in [-0.39, 0.29) is 29.5 Å². The van der Waals surface area contributed by atoms with Crippen LogP contribution in [0.15, 0.2) is 35.3 Å². The Hall–Kier alpha value is -0.900. The van der Waals surface area contributed by atoms with Gasteiger partial charge < -0.3 is 20.3 Å². The minimum Gasteiger partial charge on any atom is -0.381 e. The standard InChI is InChI=1S/C24H39N5O.HI/c1-20(21-8-4-3-5-9-21)27-24(11-16-30-17-12-24)19-26-23(25-2)29-15-10-22(18-29)28-13-6-7-14-28;/h3-5,8-9,20,22,27H,6-7,10-19H2,1-2H3,(H,25,26);1H. The van der Waals surface area contributed by atoms with E-state index in [9.17, 15) is 0 Å². The number of aliphatic imine (C=N–C) groups is 1. The summed E-state index contributed by atoms with van der Waals surface area (Å²) in [5.41, 5.74) is 1.36. The average molecular weight is 542 g/mol. The van der Waals surface area contributed by atoms with Gasteiger partial charge in [0.05, 0.1) is 0 Å². The third-order valence-electron chi connectivity index (χ3n) is 7.19. The molecule has 3 aliphatic heterocycles. The number of halogens is 1.